The quantitative estimate of drug-likeness (QED) is 0.352. The van der Waals surface area contributed by atoms with Crippen molar-refractivity contribution in [2.45, 2.75) is 56.3 Å². The summed E-state index contributed by atoms with van der Waals surface area (Å²) in [5.74, 6) is -0.111. The first-order valence-electron chi connectivity index (χ1n) is 10.1. The summed E-state index contributed by atoms with van der Waals surface area (Å²) >= 11 is 0. The van der Waals surface area contributed by atoms with Crippen LogP contribution in [0.2, 0.25) is 0 Å². The lowest BCUT2D eigenvalue weighted by Crippen LogP contribution is -2.95. The number of ether oxygens (including phenoxy) is 1. The first-order valence-corrected chi connectivity index (χ1v) is 11.9. The number of nitrogens with zero attached hydrogens (tertiary/aromatic N) is 2. The zero-order chi connectivity index (χ0) is 20.3. The molecule has 5 N–H and O–H groups in total. The number of carbonyl (C=O) groups is 1. The maximum absolute atomic E-state index is 12.6. The lowest BCUT2D eigenvalue weighted by Gasteiger charge is -2.39. The van der Waals surface area contributed by atoms with Crippen LogP contribution < -0.4 is 10.0 Å². The number of hydrogen-bond donors (Lipinski definition) is 4. The van der Waals surface area contributed by atoms with Crippen LogP contribution in [0, 0.1) is 0 Å². The predicted octanol–water partition coefficient (Wildman–Crippen LogP) is -3.37. The largest absolute Gasteiger partial charge is 0.388 e. The van der Waals surface area contributed by atoms with Crippen LogP contribution in [0.25, 0.3) is 0 Å². The maximum atomic E-state index is 12.6. The summed E-state index contributed by atoms with van der Waals surface area (Å²) in [6.45, 7) is 3.99. The van der Waals surface area contributed by atoms with Gasteiger partial charge < -0.3 is 25.2 Å². The van der Waals surface area contributed by atoms with Gasteiger partial charge in [-0.2, -0.15) is 0 Å². The minimum absolute atomic E-state index is 0.0246. The summed E-state index contributed by atoms with van der Waals surface area (Å²) in [4.78, 5) is 16.8. The summed E-state index contributed by atoms with van der Waals surface area (Å²) in [5.41, 5.74) is 0. The van der Waals surface area contributed by atoms with Gasteiger partial charge in [0.15, 0.2) is 0 Å². The zero-order valence-corrected chi connectivity index (χ0v) is 17.2. The number of aliphatic hydroxyl groups is 2. The van der Waals surface area contributed by atoms with E-state index in [9.17, 15) is 23.4 Å². The highest BCUT2D eigenvalue weighted by atomic mass is 32.2. The highest BCUT2D eigenvalue weighted by Gasteiger charge is 2.44. The average Bonchev–Trinajstić information content (AvgIpc) is 2.94. The predicted molar refractivity (Wildman–Crippen MR) is 101 cm³/mol. The van der Waals surface area contributed by atoms with Crippen LogP contribution in [-0.2, 0) is 19.6 Å². The molecule has 0 aliphatic carbocycles. The van der Waals surface area contributed by atoms with Gasteiger partial charge in [0.1, 0.15) is 24.5 Å². The van der Waals surface area contributed by atoms with Crippen molar-refractivity contribution in [1.82, 2.24) is 14.5 Å². The molecule has 3 heterocycles. The van der Waals surface area contributed by atoms with Crippen molar-refractivity contribution in [2.75, 3.05) is 45.5 Å². The summed E-state index contributed by atoms with van der Waals surface area (Å²) < 4.78 is 30.2. The highest BCUT2D eigenvalue weighted by molar-refractivity contribution is 7.88. The normalized spacial score (nSPS) is 35.2. The molecule has 0 saturated carbocycles. The Morgan fingerprint density at radius 2 is 1.82 bits per heavy atom. The molecule has 10 nitrogen and oxygen atoms in total. The second kappa shape index (κ2) is 9.33. The van der Waals surface area contributed by atoms with E-state index in [2.05, 4.69) is 14.9 Å². The Labute approximate surface area is 166 Å². The van der Waals surface area contributed by atoms with Gasteiger partial charge in [0, 0.05) is 39.1 Å². The number of hydrogen-bond acceptors (Lipinski definition) is 7. The van der Waals surface area contributed by atoms with Crippen LogP contribution in [0.4, 0.5) is 0 Å². The Balaban J connectivity index is 1.45. The Bertz CT molecular complexity index is 634. The van der Waals surface area contributed by atoms with Crippen LogP contribution in [0.1, 0.15) is 25.7 Å². The number of aliphatic hydroxyl groups excluding tert-OH is 2. The molecule has 1 amide bonds. The molecule has 3 aliphatic rings. The fourth-order valence-corrected chi connectivity index (χ4v) is 4.73. The second-order valence-electron chi connectivity index (χ2n) is 8.02. The third-order valence-corrected chi connectivity index (χ3v) is 6.60. The highest BCUT2D eigenvalue weighted by Crippen LogP contribution is 2.24. The molecule has 3 saturated heterocycles. The van der Waals surface area contributed by atoms with Crippen molar-refractivity contribution in [1.29, 1.82) is 0 Å². The molecule has 3 fully saturated rings. The number of piperazine rings is 1. The third kappa shape index (κ3) is 5.62. The molecule has 28 heavy (non-hydrogen) atoms. The molecule has 5 atom stereocenters. The first-order chi connectivity index (χ1) is 13.2. The molecule has 0 spiro atoms. The summed E-state index contributed by atoms with van der Waals surface area (Å²) in [6, 6.07) is 0. The van der Waals surface area contributed by atoms with Gasteiger partial charge in [0.25, 0.3) is 0 Å². The van der Waals surface area contributed by atoms with Gasteiger partial charge in [-0.15, -0.1) is 0 Å². The van der Waals surface area contributed by atoms with Crippen LogP contribution in [0.15, 0.2) is 0 Å². The Hall–Kier alpha value is -0.820. The Morgan fingerprint density at radius 3 is 2.43 bits per heavy atom. The summed E-state index contributed by atoms with van der Waals surface area (Å²) in [7, 11) is -3.43. The number of nitrogens with two attached hydrogens (primary N) is 1. The number of nitrogens with one attached hydrogen (secondary N) is 1. The Morgan fingerprint density at radius 1 is 1.14 bits per heavy atom. The molecular formula is C17H33N4O6S+. The van der Waals surface area contributed by atoms with Crippen molar-refractivity contribution >= 4 is 15.9 Å². The van der Waals surface area contributed by atoms with Crippen molar-refractivity contribution in [3.05, 3.63) is 0 Å². The minimum atomic E-state index is -3.43. The van der Waals surface area contributed by atoms with Crippen LogP contribution in [-0.4, -0.2) is 110 Å². The van der Waals surface area contributed by atoms with Gasteiger partial charge in [-0.25, -0.2) is 13.1 Å². The van der Waals surface area contributed by atoms with E-state index in [1.54, 1.807) is 4.90 Å². The topological polar surface area (TPSA) is 136 Å². The van der Waals surface area contributed by atoms with E-state index in [0.29, 0.717) is 19.3 Å². The van der Waals surface area contributed by atoms with Crippen LogP contribution in [0.3, 0.4) is 0 Å². The monoisotopic (exact) mass is 421 g/mol. The molecular weight excluding hydrogens is 388 g/mol. The number of carbonyl (C=O) groups excluding carboxylic acids is 1. The van der Waals surface area contributed by atoms with E-state index < -0.39 is 34.4 Å². The van der Waals surface area contributed by atoms with E-state index in [-0.39, 0.29) is 18.9 Å². The molecule has 0 aromatic carbocycles. The van der Waals surface area contributed by atoms with Gasteiger partial charge in [0.2, 0.25) is 15.9 Å². The van der Waals surface area contributed by atoms with Crippen LogP contribution >= 0.6 is 0 Å². The molecule has 11 heteroatoms. The Kier molecular flexibility index (Phi) is 7.29. The molecule has 0 radical (unpaired) electrons. The van der Waals surface area contributed by atoms with Crippen molar-refractivity contribution in [3.8, 4) is 0 Å². The molecule has 3 rings (SSSR count). The summed E-state index contributed by atoms with van der Waals surface area (Å²) in [6.07, 6.45) is 1.07. The fourth-order valence-electron chi connectivity index (χ4n) is 4.26. The number of quaternary nitrogens is 1. The van der Waals surface area contributed by atoms with E-state index >= 15 is 0 Å². The fraction of sp³-hybridized carbons (Fsp3) is 0.941. The van der Waals surface area contributed by atoms with Gasteiger partial charge >= 0.3 is 0 Å². The third-order valence-electron chi connectivity index (χ3n) is 5.91. The molecule has 3 aliphatic heterocycles. The second-order valence-corrected chi connectivity index (χ2v) is 9.86. The van der Waals surface area contributed by atoms with Crippen molar-refractivity contribution in [3.63, 3.8) is 0 Å². The van der Waals surface area contributed by atoms with Crippen molar-refractivity contribution in [2.24, 2.45) is 0 Å². The molecule has 162 valence electrons. The van der Waals surface area contributed by atoms with Crippen LogP contribution in [0.5, 0.6) is 0 Å². The van der Waals surface area contributed by atoms with E-state index in [0.717, 1.165) is 19.3 Å². The molecule has 5 unspecified atom stereocenters. The minimum Gasteiger partial charge on any atom is -0.388 e. The SMILES string of the molecule is CS(=O)(=O)NCC1OC(CC(=O)N2CCN(C3CCCC[NH2+]3)CC2)C(O)C1O. The lowest BCUT2D eigenvalue weighted by molar-refractivity contribution is -0.717. The maximum Gasteiger partial charge on any atom is 0.225 e. The van der Waals surface area contributed by atoms with Gasteiger partial charge in [0.05, 0.1) is 25.3 Å². The number of sulfonamides is 1. The number of piperidine rings is 1. The van der Waals surface area contributed by atoms with E-state index in [4.69, 9.17) is 4.74 Å². The van der Waals surface area contributed by atoms with Crippen molar-refractivity contribution < 1.29 is 33.5 Å². The molecule has 0 aromatic rings. The number of rotatable bonds is 6. The summed E-state index contributed by atoms with van der Waals surface area (Å²) in [5, 5.41) is 22.6. The standard InChI is InChI=1S/C17H32N4O6S/c1-28(25,26)19-11-13-17(24)16(23)12(27-13)10-15(22)21-8-6-20(7-9-21)14-4-2-3-5-18-14/h12-14,16-19,23-24H,2-11H2,1H3/p+1. The first kappa shape index (κ1) is 21.9. The van der Waals surface area contributed by atoms with E-state index in [1.165, 1.54) is 25.8 Å². The lowest BCUT2D eigenvalue weighted by atomic mass is 10.0. The van der Waals surface area contributed by atoms with Gasteiger partial charge in [-0.05, 0) is 12.8 Å². The molecule has 0 aromatic heterocycles. The average molecular weight is 422 g/mol. The number of amides is 1. The molecule has 0 bridgehead atoms. The van der Waals surface area contributed by atoms with E-state index in [1.807, 2.05) is 0 Å². The van der Waals surface area contributed by atoms with Gasteiger partial charge in [-0.1, -0.05) is 0 Å². The smallest absolute Gasteiger partial charge is 0.225 e. The zero-order valence-electron chi connectivity index (χ0n) is 16.4. The van der Waals surface area contributed by atoms with Gasteiger partial charge in [-0.3, -0.25) is 9.69 Å².